The van der Waals surface area contributed by atoms with Gasteiger partial charge in [-0.05, 0) is 19.1 Å². The summed E-state index contributed by atoms with van der Waals surface area (Å²) in [6.45, 7) is 1.41. The summed E-state index contributed by atoms with van der Waals surface area (Å²) in [5.74, 6) is -1.76. The van der Waals surface area contributed by atoms with Gasteiger partial charge in [0.05, 0.1) is 6.61 Å². The summed E-state index contributed by atoms with van der Waals surface area (Å²) >= 11 is 0. The number of nitrogen functional groups attached to an aromatic ring is 1. The first kappa shape index (κ1) is 12.8. The van der Waals surface area contributed by atoms with Crippen LogP contribution in [0.3, 0.4) is 0 Å². The molecular formula is C11H13NO5. The van der Waals surface area contributed by atoms with Crippen LogP contribution in [0.25, 0.3) is 0 Å². The number of aliphatic carboxylic acids is 1. The molecule has 1 aromatic carbocycles. The van der Waals surface area contributed by atoms with Crippen LogP contribution >= 0.6 is 0 Å². The van der Waals surface area contributed by atoms with E-state index >= 15 is 0 Å². The van der Waals surface area contributed by atoms with Crippen molar-refractivity contribution in [3.63, 3.8) is 0 Å². The zero-order valence-corrected chi connectivity index (χ0v) is 9.30. The number of anilines is 1. The van der Waals surface area contributed by atoms with E-state index in [0.29, 0.717) is 6.61 Å². The summed E-state index contributed by atoms with van der Waals surface area (Å²) in [5, 5.41) is 8.41. The normalized spacial score (nSPS) is 9.71. The van der Waals surface area contributed by atoms with Gasteiger partial charge in [-0.1, -0.05) is 6.07 Å². The molecule has 0 saturated carbocycles. The van der Waals surface area contributed by atoms with Crippen LogP contribution in [0.2, 0.25) is 0 Å². The Morgan fingerprint density at radius 1 is 1.41 bits per heavy atom. The molecule has 0 radical (unpaired) electrons. The Bertz CT molecular complexity index is 430. The van der Waals surface area contributed by atoms with Gasteiger partial charge < -0.3 is 20.3 Å². The van der Waals surface area contributed by atoms with Crippen molar-refractivity contribution in [2.45, 2.75) is 6.92 Å². The molecule has 0 heterocycles. The fourth-order valence-corrected chi connectivity index (χ4v) is 1.24. The zero-order chi connectivity index (χ0) is 12.8. The van der Waals surface area contributed by atoms with E-state index in [-0.39, 0.29) is 17.0 Å². The number of carbonyl (C=O) groups is 2. The Balaban J connectivity index is 2.94. The van der Waals surface area contributed by atoms with Crippen LogP contribution in [0.1, 0.15) is 17.3 Å². The summed E-state index contributed by atoms with van der Waals surface area (Å²) < 4.78 is 9.78. The Labute approximate surface area is 97.9 Å². The molecule has 0 unspecified atom stereocenters. The quantitative estimate of drug-likeness (QED) is 0.585. The maximum Gasteiger partial charge on any atom is 0.344 e. The highest BCUT2D eigenvalue weighted by atomic mass is 16.6. The molecule has 6 nitrogen and oxygen atoms in total. The van der Waals surface area contributed by atoms with Crippen molar-refractivity contribution in [3.05, 3.63) is 23.8 Å². The minimum absolute atomic E-state index is 0.0515. The molecule has 0 bridgehead atoms. The molecule has 6 heteroatoms. The SMILES string of the molecule is CCOc1cccc(N)c1C(=O)OCC(=O)O. The van der Waals surface area contributed by atoms with Crippen LogP contribution in [0.15, 0.2) is 18.2 Å². The Kier molecular flexibility index (Phi) is 4.33. The molecule has 0 aliphatic carbocycles. The number of esters is 1. The number of hydrogen-bond acceptors (Lipinski definition) is 5. The minimum atomic E-state index is -1.23. The third kappa shape index (κ3) is 3.37. The number of carbonyl (C=O) groups excluding carboxylic acids is 1. The van der Waals surface area contributed by atoms with Gasteiger partial charge in [0.25, 0.3) is 0 Å². The van der Waals surface area contributed by atoms with Gasteiger partial charge in [-0.2, -0.15) is 0 Å². The van der Waals surface area contributed by atoms with Gasteiger partial charge in [0.2, 0.25) is 0 Å². The summed E-state index contributed by atoms with van der Waals surface area (Å²) in [6.07, 6.45) is 0. The number of benzene rings is 1. The fourth-order valence-electron chi connectivity index (χ4n) is 1.24. The van der Waals surface area contributed by atoms with Crippen molar-refractivity contribution in [1.82, 2.24) is 0 Å². The first-order valence-corrected chi connectivity index (χ1v) is 4.96. The average Bonchev–Trinajstić information content (AvgIpc) is 2.26. The van der Waals surface area contributed by atoms with E-state index < -0.39 is 18.5 Å². The number of carboxylic acid groups (broad SMARTS) is 1. The smallest absolute Gasteiger partial charge is 0.344 e. The summed E-state index contributed by atoms with van der Waals surface area (Å²) in [5.41, 5.74) is 5.87. The van der Waals surface area contributed by atoms with Crippen molar-refractivity contribution in [3.8, 4) is 5.75 Å². The van der Waals surface area contributed by atoms with Crippen LogP contribution in [-0.2, 0) is 9.53 Å². The first-order valence-electron chi connectivity index (χ1n) is 4.96. The first-order chi connectivity index (χ1) is 8.06. The maximum absolute atomic E-state index is 11.6. The average molecular weight is 239 g/mol. The Morgan fingerprint density at radius 3 is 2.71 bits per heavy atom. The number of carboxylic acids is 1. The van der Waals surface area contributed by atoms with E-state index in [9.17, 15) is 9.59 Å². The second kappa shape index (κ2) is 5.74. The van der Waals surface area contributed by atoms with Gasteiger partial charge in [-0.25, -0.2) is 9.59 Å². The zero-order valence-electron chi connectivity index (χ0n) is 9.30. The molecule has 3 N–H and O–H groups in total. The second-order valence-electron chi connectivity index (χ2n) is 3.12. The predicted octanol–water partition coefficient (Wildman–Crippen LogP) is 0.909. The Hall–Kier alpha value is -2.24. The van der Waals surface area contributed by atoms with Crippen molar-refractivity contribution >= 4 is 17.6 Å². The molecule has 17 heavy (non-hydrogen) atoms. The van der Waals surface area contributed by atoms with Crippen LogP contribution in [0.4, 0.5) is 5.69 Å². The highest BCUT2D eigenvalue weighted by molar-refractivity contribution is 5.98. The molecule has 0 fully saturated rings. The van der Waals surface area contributed by atoms with Crippen molar-refractivity contribution in [1.29, 1.82) is 0 Å². The van der Waals surface area contributed by atoms with Gasteiger partial charge >= 0.3 is 11.9 Å². The van der Waals surface area contributed by atoms with E-state index in [2.05, 4.69) is 4.74 Å². The largest absolute Gasteiger partial charge is 0.493 e. The number of hydrogen-bond donors (Lipinski definition) is 2. The molecule has 0 aliphatic rings. The molecule has 0 saturated heterocycles. The molecule has 0 spiro atoms. The molecule has 1 rings (SSSR count). The Morgan fingerprint density at radius 2 is 2.12 bits per heavy atom. The van der Waals surface area contributed by atoms with Crippen molar-refractivity contribution in [2.75, 3.05) is 18.9 Å². The standard InChI is InChI=1S/C11H13NO5/c1-2-16-8-5-3-4-7(12)10(8)11(15)17-6-9(13)14/h3-5H,2,6,12H2,1H3,(H,13,14). The van der Waals surface area contributed by atoms with Gasteiger partial charge in [0, 0.05) is 5.69 Å². The van der Waals surface area contributed by atoms with E-state index in [1.54, 1.807) is 19.1 Å². The van der Waals surface area contributed by atoms with E-state index in [1.807, 2.05) is 0 Å². The maximum atomic E-state index is 11.6. The lowest BCUT2D eigenvalue weighted by molar-refractivity contribution is -0.140. The van der Waals surface area contributed by atoms with Gasteiger partial charge in [-0.3, -0.25) is 0 Å². The predicted molar refractivity (Wildman–Crippen MR) is 59.9 cm³/mol. The topological polar surface area (TPSA) is 98.9 Å². The van der Waals surface area contributed by atoms with Gasteiger partial charge in [0.15, 0.2) is 6.61 Å². The highest BCUT2D eigenvalue weighted by Gasteiger charge is 2.18. The fraction of sp³-hybridized carbons (Fsp3) is 0.273. The number of rotatable bonds is 5. The van der Waals surface area contributed by atoms with E-state index in [1.165, 1.54) is 6.07 Å². The lowest BCUT2D eigenvalue weighted by Crippen LogP contribution is -2.15. The minimum Gasteiger partial charge on any atom is -0.493 e. The molecule has 92 valence electrons. The van der Waals surface area contributed by atoms with Gasteiger partial charge in [0.1, 0.15) is 11.3 Å². The number of nitrogens with two attached hydrogens (primary N) is 1. The third-order valence-electron chi connectivity index (χ3n) is 1.89. The lowest BCUT2D eigenvalue weighted by atomic mass is 10.1. The molecule has 0 amide bonds. The number of ether oxygens (including phenoxy) is 2. The van der Waals surface area contributed by atoms with E-state index in [0.717, 1.165) is 0 Å². The third-order valence-corrected chi connectivity index (χ3v) is 1.89. The van der Waals surface area contributed by atoms with Crippen molar-refractivity contribution < 1.29 is 24.2 Å². The summed E-state index contributed by atoms with van der Waals surface area (Å²) in [4.78, 5) is 21.9. The second-order valence-corrected chi connectivity index (χ2v) is 3.12. The van der Waals surface area contributed by atoms with Crippen LogP contribution in [0, 0.1) is 0 Å². The van der Waals surface area contributed by atoms with Crippen molar-refractivity contribution in [2.24, 2.45) is 0 Å². The van der Waals surface area contributed by atoms with Crippen LogP contribution in [-0.4, -0.2) is 30.3 Å². The van der Waals surface area contributed by atoms with E-state index in [4.69, 9.17) is 15.6 Å². The molecule has 1 aromatic rings. The molecular weight excluding hydrogens is 226 g/mol. The monoisotopic (exact) mass is 239 g/mol. The van der Waals surface area contributed by atoms with Gasteiger partial charge in [-0.15, -0.1) is 0 Å². The molecule has 0 aliphatic heterocycles. The van der Waals surface area contributed by atoms with Crippen LogP contribution < -0.4 is 10.5 Å². The highest BCUT2D eigenvalue weighted by Crippen LogP contribution is 2.25. The van der Waals surface area contributed by atoms with Crippen LogP contribution in [0.5, 0.6) is 5.75 Å². The molecule has 0 atom stereocenters. The lowest BCUT2D eigenvalue weighted by Gasteiger charge is -2.11. The molecule has 0 aromatic heterocycles. The summed E-state index contributed by atoms with van der Waals surface area (Å²) in [7, 11) is 0. The summed E-state index contributed by atoms with van der Waals surface area (Å²) in [6, 6.07) is 4.71.